The molecule has 4 aromatic rings. The van der Waals surface area contributed by atoms with Gasteiger partial charge in [0.2, 0.25) is 0 Å². The van der Waals surface area contributed by atoms with Crippen LogP contribution in [-0.2, 0) is 23.9 Å². The molecule has 14 aliphatic rings. The molecule has 4 N–H and O–H groups in total. The molecule has 0 radical (unpaired) electrons. The molecule has 18 rings (SSSR count). The van der Waals surface area contributed by atoms with Gasteiger partial charge in [-0.1, -0.05) is 43.6 Å². The summed E-state index contributed by atoms with van der Waals surface area (Å²) in [5.41, 5.74) is 14.8. The molecule has 8 amide bonds. The highest BCUT2D eigenvalue weighted by Gasteiger charge is 2.39. The van der Waals surface area contributed by atoms with E-state index in [1.54, 1.807) is 39.0 Å². The highest BCUT2D eigenvalue weighted by molar-refractivity contribution is 8.19. The lowest BCUT2D eigenvalue weighted by molar-refractivity contribution is -0.114. The third-order valence-corrected chi connectivity index (χ3v) is 27.8. The van der Waals surface area contributed by atoms with Crippen LogP contribution in [0.15, 0.2) is 112 Å². The molecule has 4 aromatic carbocycles. The van der Waals surface area contributed by atoms with Crippen LogP contribution in [-0.4, -0.2) is 298 Å². The minimum Gasteiger partial charge on any atom is -0.409 e. The number of amidine groups is 4. The van der Waals surface area contributed by atoms with E-state index in [1.165, 1.54) is 144 Å². The Morgan fingerprint density at radius 2 is 0.652 bits per heavy atom. The van der Waals surface area contributed by atoms with Gasteiger partial charge in [-0.2, -0.15) is 20.0 Å². The van der Waals surface area contributed by atoms with Crippen LogP contribution in [0.5, 0.6) is 23.0 Å². The van der Waals surface area contributed by atoms with Crippen molar-refractivity contribution in [3.8, 4) is 23.0 Å². The van der Waals surface area contributed by atoms with E-state index in [0.717, 1.165) is 168 Å². The van der Waals surface area contributed by atoms with E-state index >= 15 is 0 Å². The lowest BCUT2D eigenvalue weighted by Gasteiger charge is -2.28. The van der Waals surface area contributed by atoms with Crippen molar-refractivity contribution in [1.82, 2.24) is 76.0 Å². The molecule has 0 aliphatic carbocycles. The van der Waals surface area contributed by atoms with Crippen molar-refractivity contribution >= 4 is 140 Å². The minimum absolute atomic E-state index is 0. The second-order valence-electron chi connectivity index (χ2n) is 32.5. The first-order valence-electron chi connectivity index (χ1n) is 44.2. The number of amides is 8. The molecule has 716 valence electrons. The van der Waals surface area contributed by atoms with Crippen molar-refractivity contribution < 1.29 is 79.6 Å². The number of nitrogens with zero attached hydrogens (tertiary/aromatic N) is 15. The molecule has 0 unspecified atom stereocenters. The zero-order chi connectivity index (χ0) is 89.2. The Hall–Kier alpha value is -9.72. The summed E-state index contributed by atoms with van der Waals surface area (Å²) in [7, 11) is 0. The quantitative estimate of drug-likeness (QED) is 0.0714. The number of hydrazine groups is 4. The molecule has 14 aliphatic heterocycles. The maximum Gasteiger partial charge on any atom is 0.415 e. The molecule has 40 heteroatoms. The molecule has 0 spiro atoms. The Labute approximate surface area is 787 Å². The minimum atomic E-state index is -0.571. The number of morpholine rings is 1. The largest absolute Gasteiger partial charge is 0.415 e. The number of aliphatic imine (C=N–C) groups is 4. The van der Waals surface area contributed by atoms with Crippen molar-refractivity contribution in [1.29, 1.82) is 0 Å². The van der Waals surface area contributed by atoms with Crippen molar-refractivity contribution in [3.05, 3.63) is 138 Å². The molecular formula is C92H123F4N19O13S4. The second kappa shape index (κ2) is 49.5. The van der Waals surface area contributed by atoms with E-state index in [1.807, 2.05) is 20.0 Å². The number of carbonyl (C=O) groups excluding carboxylic acids is 8. The van der Waals surface area contributed by atoms with Crippen LogP contribution in [0.2, 0.25) is 0 Å². The topological polar surface area (TPSA) is 316 Å². The van der Waals surface area contributed by atoms with Crippen molar-refractivity contribution in [3.63, 3.8) is 0 Å². The second-order valence-corrected chi connectivity index (χ2v) is 36.5. The first-order valence-corrected chi connectivity index (χ1v) is 47.5. The van der Waals surface area contributed by atoms with Crippen LogP contribution >= 0.6 is 47.0 Å². The molecule has 10 fully saturated rings. The maximum atomic E-state index is 14.0. The number of rotatable bonds is 13. The average Bonchev–Trinajstić information content (AvgIpc) is 1.72. The smallest absolute Gasteiger partial charge is 0.409 e. The standard InChI is InChI=1S/2C23H28FN5O3S.C23H30FN5O3S.C19H21FN4O4S.4CH4/c2*24-17-6-5-16(13-20-21(30)26-22(33-20)29-11-2-1-8-25-29)19(14-17)32-23(31)28-12-7-18(15-28)27-9-3-4-10-27;1-3-27(4-2)18-9-12-28(15-18)23(31)32-19-14-17(24)8-7-16(19)13-20-21(30)26-22(33-20)29-11-6-5-10-25-29;20-14-4-3-13(15(12-14)28-19(26)23-7-9-27-10-8-23)11-16-17(25)22-18(29-16)24-6-2-1-5-21-24;;;;/h2*5-6,13-14,18,25H,1-4,7-12,15H2;7-8,13-14,18,25H,3-6,9-12,15H2,1-2H3;3-4,11-12,21H,1-2,5-10H2;4*1H4/b3*20-13+;16-11+;;;;/t3*18-;;;;;/m100...../s1. The molecule has 0 bridgehead atoms. The Balaban J connectivity index is 0.000000168. The zero-order valence-corrected chi connectivity index (χ0v) is 75.0. The summed E-state index contributed by atoms with van der Waals surface area (Å²) in [6.07, 6.45) is 20.4. The van der Waals surface area contributed by atoms with Crippen LogP contribution in [0.4, 0.5) is 36.7 Å². The summed E-state index contributed by atoms with van der Waals surface area (Å²) in [6.45, 7) is 22.3. The predicted molar refractivity (Wildman–Crippen MR) is 511 cm³/mol. The number of benzene rings is 4. The van der Waals surface area contributed by atoms with Gasteiger partial charge >= 0.3 is 24.4 Å². The third-order valence-electron chi connectivity index (χ3n) is 23.8. The van der Waals surface area contributed by atoms with Gasteiger partial charge in [0.05, 0.1) is 32.8 Å². The fourth-order valence-electron chi connectivity index (χ4n) is 16.8. The first-order chi connectivity index (χ1) is 62.2. The van der Waals surface area contributed by atoms with E-state index in [-0.39, 0.29) is 76.3 Å². The molecule has 3 atom stereocenters. The van der Waals surface area contributed by atoms with Crippen LogP contribution in [0.3, 0.4) is 0 Å². The number of carbonyl (C=O) groups is 8. The molecule has 0 saturated carbocycles. The van der Waals surface area contributed by atoms with Crippen molar-refractivity contribution in [2.75, 3.05) is 157 Å². The number of likely N-dealkylation sites (N-methyl/N-ethyl adjacent to an activating group) is 1. The lowest BCUT2D eigenvalue weighted by atomic mass is 10.2. The van der Waals surface area contributed by atoms with Gasteiger partial charge in [-0.15, -0.1) is 0 Å². The number of hydrogen-bond acceptors (Lipinski definition) is 28. The van der Waals surface area contributed by atoms with Gasteiger partial charge < -0.3 is 43.3 Å². The molecule has 10 saturated heterocycles. The Kier molecular flexibility index (Phi) is 38.5. The zero-order valence-electron chi connectivity index (χ0n) is 71.7. The maximum absolute atomic E-state index is 14.0. The van der Waals surface area contributed by atoms with Crippen LogP contribution in [0.25, 0.3) is 24.3 Å². The van der Waals surface area contributed by atoms with Gasteiger partial charge in [0.15, 0.2) is 20.7 Å². The number of likely N-dealkylation sites (tertiary alicyclic amines) is 5. The van der Waals surface area contributed by atoms with E-state index < -0.39 is 47.6 Å². The number of hydrogen-bond donors (Lipinski definition) is 4. The first kappa shape index (κ1) is 103. The predicted octanol–water partition coefficient (Wildman–Crippen LogP) is 14.2. The lowest BCUT2D eigenvalue weighted by Crippen LogP contribution is -2.45. The van der Waals surface area contributed by atoms with Crippen molar-refractivity contribution in [2.45, 2.75) is 158 Å². The summed E-state index contributed by atoms with van der Waals surface area (Å²) in [4.78, 5) is 133. The van der Waals surface area contributed by atoms with E-state index in [0.29, 0.717) is 146 Å². The molecule has 0 aromatic heterocycles. The Morgan fingerprint density at radius 3 is 0.932 bits per heavy atom. The number of ether oxygens (including phenoxy) is 5. The SMILES string of the molecule is C.C.C.C.CCN(CC)[C@H]1CCN(C(=O)Oc2cc(F)ccc2/C=C2/SC(N3CCCCN3)=NC2=O)C1.O=C1N=C(N2CCCCN2)S/C1=C/c1ccc(F)cc1OC(=O)N1CCOCC1.O=C1N=C(N2CCCCN2)S/C1=C/c1ccc(F)cc1OC(=O)N1CC[C@@H](N2CCCC2)C1.O=C1N=C(N2CCCCN2)S/C1=C/c1ccc(F)cc1OC(=O)N1CC[C@H](N2CCCC2)C1. The Bertz CT molecular complexity index is 4670. The van der Waals surface area contributed by atoms with Gasteiger partial charge in [-0.05, 0) is 255 Å². The van der Waals surface area contributed by atoms with Crippen LogP contribution in [0, 0.1) is 23.3 Å². The van der Waals surface area contributed by atoms with E-state index in [4.69, 9.17) is 23.7 Å². The summed E-state index contributed by atoms with van der Waals surface area (Å²) in [5.74, 6) is -3.10. The summed E-state index contributed by atoms with van der Waals surface area (Å²) >= 11 is 5.04. The van der Waals surface area contributed by atoms with Crippen LogP contribution in [0.1, 0.15) is 162 Å². The number of nitrogens with one attached hydrogen (secondary N) is 4. The van der Waals surface area contributed by atoms with Gasteiger partial charge in [-0.3, -0.25) is 53.9 Å². The van der Waals surface area contributed by atoms with E-state index in [9.17, 15) is 55.9 Å². The fraction of sp³-hybridized carbons (Fsp3) is 0.522. The van der Waals surface area contributed by atoms with Gasteiger partial charge in [0.25, 0.3) is 23.6 Å². The highest BCUT2D eigenvalue weighted by atomic mass is 32.2. The van der Waals surface area contributed by atoms with Gasteiger partial charge in [0.1, 0.15) is 46.3 Å². The van der Waals surface area contributed by atoms with Crippen LogP contribution < -0.4 is 40.7 Å². The summed E-state index contributed by atoms with van der Waals surface area (Å²) in [5, 5.41) is 9.95. The third kappa shape index (κ3) is 27.1. The normalized spacial score (nSPS) is 22.9. The molecule has 132 heavy (non-hydrogen) atoms. The van der Waals surface area contributed by atoms with Crippen molar-refractivity contribution in [2.24, 2.45) is 20.0 Å². The molecule has 14 heterocycles. The summed E-state index contributed by atoms with van der Waals surface area (Å²) < 4.78 is 83.2. The summed E-state index contributed by atoms with van der Waals surface area (Å²) in [6, 6.07) is 16.9. The fourth-order valence-corrected chi connectivity index (χ4v) is 20.5. The number of thioether (sulfide) groups is 4. The molecule has 32 nitrogen and oxygen atoms in total. The Morgan fingerprint density at radius 1 is 0.379 bits per heavy atom. The van der Waals surface area contributed by atoms with Gasteiger partial charge in [-0.25, -0.2) is 58.4 Å². The monoisotopic (exact) mass is 1910 g/mol. The molecular weight excluding hydrogens is 1780 g/mol. The number of halogens is 4. The van der Waals surface area contributed by atoms with E-state index in [2.05, 4.69) is 70.2 Å². The average molecular weight is 1910 g/mol. The highest BCUT2D eigenvalue weighted by Crippen LogP contribution is 2.40. The van der Waals surface area contributed by atoms with Gasteiger partial charge in [0, 0.05) is 169 Å².